The van der Waals surface area contributed by atoms with Gasteiger partial charge in [0.1, 0.15) is 0 Å². The van der Waals surface area contributed by atoms with Crippen molar-refractivity contribution in [2.24, 2.45) is 17.8 Å². The van der Waals surface area contributed by atoms with E-state index in [-0.39, 0.29) is 29.9 Å². The minimum Gasteiger partial charge on any atom is -0.481 e. The number of carboxylic acids is 1. The molecule has 3 unspecified atom stereocenters. The Kier molecular flexibility index (Phi) is 5.34. The predicted octanol–water partition coefficient (Wildman–Crippen LogP) is 0.284. The molecule has 0 radical (unpaired) electrons. The van der Waals surface area contributed by atoms with Crippen molar-refractivity contribution < 1.29 is 23.1 Å². The summed E-state index contributed by atoms with van der Waals surface area (Å²) in [5, 5.41) is 11.6. The molecule has 0 aromatic carbocycles. The van der Waals surface area contributed by atoms with Crippen LogP contribution in [0.3, 0.4) is 0 Å². The van der Waals surface area contributed by atoms with Gasteiger partial charge >= 0.3 is 5.97 Å². The number of rotatable bonds is 6. The van der Waals surface area contributed by atoms with Crippen molar-refractivity contribution >= 4 is 21.7 Å². The fraction of sp³-hybridized carbons (Fsp3) is 0.833. The molecule has 3 atom stereocenters. The third kappa shape index (κ3) is 4.49. The van der Waals surface area contributed by atoms with Crippen molar-refractivity contribution in [3.63, 3.8) is 0 Å². The van der Waals surface area contributed by atoms with Crippen LogP contribution in [0.5, 0.6) is 0 Å². The number of hydrogen-bond acceptors (Lipinski definition) is 4. The third-order valence-corrected chi connectivity index (χ3v) is 5.31. The van der Waals surface area contributed by atoms with Crippen LogP contribution >= 0.6 is 0 Å². The molecule has 1 aliphatic rings. The Bertz CT molecular complexity index is 445. The normalized spacial score (nSPS) is 27.2. The van der Waals surface area contributed by atoms with E-state index in [2.05, 4.69) is 5.32 Å². The number of nitrogens with one attached hydrogen (secondary N) is 1. The Morgan fingerprint density at radius 3 is 2.37 bits per heavy atom. The van der Waals surface area contributed by atoms with E-state index >= 15 is 0 Å². The smallest absolute Gasteiger partial charge is 0.307 e. The Hall–Kier alpha value is -1.11. The molecule has 1 amide bonds. The summed E-state index contributed by atoms with van der Waals surface area (Å²) in [4.78, 5) is 23.0. The topological polar surface area (TPSA) is 101 Å². The monoisotopic (exact) mass is 291 g/mol. The fourth-order valence-electron chi connectivity index (χ4n) is 2.46. The Balaban J connectivity index is 2.51. The highest BCUT2D eigenvalue weighted by atomic mass is 32.2. The van der Waals surface area contributed by atoms with E-state index in [0.717, 1.165) is 0 Å². The zero-order chi connectivity index (χ0) is 14.6. The van der Waals surface area contributed by atoms with Gasteiger partial charge in [0, 0.05) is 12.3 Å². The van der Waals surface area contributed by atoms with Gasteiger partial charge in [-0.25, -0.2) is 8.42 Å². The molecule has 7 heteroatoms. The van der Waals surface area contributed by atoms with Crippen LogP contribution in [-0.4, -0.2) is 43.5 Å². The Morgan fingerprint density at radius 2 is 1.84 bits per heavy atom. The van der Waals surface area contributed by atoms with Gasteiger partial charge in [0.25, 0.3) is 0 Å². The zero-order valence-corrected chi connectivity index (χ0v) is 12.1. The van der Waals surface area contributed by atoms with E-state index in [1.54, 1.807) is 6.92 Å². The molecule has 2 N–H and O–H groups in total. The number of carbonyl (C=O) groups excluding carboxylic acids is 1. The second-order valence-corrected chi connectivity index (χ2v) is 7.63. The van der Waals surface area contributed by atoms with Gasteiger partial charge in [-0.15, -0.1) is 0 Å². The first-order chi connectivity index (χ1) is 8.76. The van der Waals surface area contributed by atoms with Crippen molar-refractivity contribution in [1.29, 1.82) is 0 Å². The van der Waals surface area contributed by atoms with Crippen molar-refractivity contribution in [3.05, 3.63) is 0 Å². The Labute approximate surface area is 113 Å². The summed E-state index contributed by atoms with van der Waals surface area (Å²) in [6.45, 7) is 3.52. The highest BCUT2D eigenvalue weighted by molar-refractivity contribution is 7.91. The predicted molar refractivity (Wildman–Crippen MR) is 70.4 cm³/mol. The second kappa shape index (κ2) is 6.36. The van der Waals surface area contributed by atoms with Crippen molar-refractivity contribution in [2.75, 3.05) is 18.1 Å². The van der Waals surface area contributed by atoms with Crippen molar-refractivity contribution in [3.8, 4) is 0 Å². The number of carboxylic acid groups (broad SMARTS) is 1. The molecular weight excluding hydrogens is 270 g/mol. The maximum absolute atomic E-state index is 11.9. The van der Waals surface area contributed by atoms with Crippen LogP contribution in [0.1, 0.15) is 26.7 Å². The Morgan fingerprint density at radius 1 is 1.26 bits per heavy atom. The summed E-state index contributed by atoms with van der Waals surface area (Å²) < 4.78 is 22.6. The summed E-state index contributed by atoms with van der Waals surface area (Å²) in [5.74, 6) is -2.35. The number of hydrogen-bond donors (Lipinski definition) is 2. The molecule has 1 saturated carbocycles. The first-order valence-electron chi connectivity index (χ1n) is 6.47. The molecule has 0 saturated heterocycles. The lowest BCUT2D eigenvalue weighted by molar-refractivity contribution is -0.146. The van der Waals surface area contributed by atoms with Gasteiger partial charge in [0.05, 0.1) is 17.6 Å². The van der Waals surface area contributed by atoms with Gasteiger partial charge in [-0.05, 0) is 18.8 Å². The molecule has 0 aliphatic heterocycles. The van der Waals surface area contributed by atoms with Gasteiger partial charge in [0.2, 0.25) is 5.91 Å². The van der Waals surface area contributed by atoms with Crippen LogP contribution < -0.4 is 5.32 Å². The molecule has 0 aromatic rings. The SMILES string of the molecule is CCS(=O)(=O)CCNC(=O)C1CC(C)CC1C(=O)O. The van der Waals surface area contributed by atoms with Gasteiger partial charge in [-0.1, -0.05) is 13.8 Å². The minimum absolute atomic E-state index is 0.0427. The van der Waals surface area contributed by atoms with E-state index in [0.29, 0.717) is 12.8 Å². The van der Waals surface area contributed by atoms with Gasteiger partial charge in [0.15, 0.2) is 9.84 Å². The summed E-state index contributed by atoms with van der Waals surface area (Å²) >= 11 is 0. The largest absolute Gasteiger partial charge is 0.481 e. The molecule has 19 heavy (non-hydrogen) atoms. The van der Waals surface area contributed by atoms with Crippen LogP contribution in [0, 0.1) is 17.8 Å². The van der Waals surface area contributed by atoms with E-state index in [1.807, 2.05) is 6.92 Å². The number of aliphatic carboxylic acids is 1. The van der Waals surface area contributed by atoms with Crippen LogP contribution in [-0.2, 0) is 19.4 Å². The molecule has 1 aliphatic carbocycles. The van der Waals surface area contributed by atoms with Crippen LogP contribution in [0.4, 0.5) is 0 Å². The molecule has 0 aromatic heterocycles. The maximum atomic E-state index is 11.9. The second-order valence-electron chi connectivity index (χ2n) is 5.16. The molecule has 0 spiro atoms. The lowest BCUT2D eigenvalue weighted by atomic mass is 9.95. The number of carbonyl (C=O) groups is 2. The van der Waals surface area contributed by atoms with Crippen LogP contribution in [0.15, 0.2) is 0 Å². The fourth-order valence-corrected chi connectivity index (χ4v) is 3.16. The van der Waals surface area contributed by atoms with Crippen molar-refractivity contribution in [2.45, 2.75) is 26.7 Å². The van der Waals surface area contributed by atoms with E-state index in [9.17, 15) is 18.0 Å². The summed E-state index contributed by atoms with van der Waals surface area (Å²) in [7, 11) is -3.11. The van der Waals surface area contributed by atoms with E-state index in [4.69, 9.17) is 5.11 Å². The zero-order valence-electron chi connectivity index (χ0n) is 11.3. The van der Waals surface area contributed by atoms with Crippen LogP contribution in [0.2, 0.25) is 0 Å². The summed E-state index contributed by atoms with van der Waals surface area (Å²) in [6.07, 6.45) is 1.05. The molecule has 6 nitrogen and oxygen atoms in total. The molecule has 1 rings (SSSR count). The average molecular weight is 291 g/mol. The maximum Gasteiger partial charge on any atom is 0.307 e. The van der Waals surface area contributed by atoms with Gasteiger partial charge in [-0.2, -0.15) is 0 Å². The van der Waals surface area contributed by atoms with Crippen LogP contribution in [0.25, 0.3) is 0 Å². The summed E-state index contributed by atoms with van der Waals surface area (Å²) in [6, 6.07) is 0. The lowest BCUT2D eigenvalue weighted by Crippen LogP contribution is -2.37. The molecule has 0 heterocycles. The summed E-state index contributed by atoms with van der Waals surface area (Å²) in [5.41, 5.74) is 0. The first-order valence-corrected chi connectivity index (χ1v) is 8.30. The number of sulfone groups is 1. The lowest BCUT2D eigenvalue weighted by Gasteiger charge is -2.15. The first kappa shape index (κ1) is 15.9. The quantitative estimate of drug-likeness (QED) is 0.732. The van der Waals surface area contributed by atoms with Gasteiger partial charge in [-0.3, -0.25) is 9.59 Å². The minimum atomic E-state index is -3.11. The molecule has 110 valence electrons. The molecular formula is C12H21NO5S. The number of amides is 1. The van der Waals surface area contributed by atoms with Gasteiger partial charge < -0.3 is 10.4 Å². The van der Waals surface area contributed by atoms with E-state index < -0.39 is 27.6 Å². The van der Waals surface area contributed by atoms with Crippen molar-refractivity contribution in [1.82, 2.24) is 5.32 Å². The third-order valence-electron chi connectivity index (χ3n) is 3.60. The molecule has 0 bridgehead atoms. The average Bonchev–Trinajstić information content (AvgIpc) is 2.71. The molecule has 1 fully saturated rings. The standard InChI is InChI=1S/C12H21NO5S/c1-3-19(17,18)5-4-13-11(14)9-6-8(2)7-10(9)12(15)16/h8-10H,3-7H2,1-2H3,(H,13,14)(H,15,16). The highest BCUT2D eigenvalue weighted by Gasteiger charge is 2.41. The highest BCUT2D eigenvalue weighted by Crippen LogP contribution is 2.36. The van der Waals surface area contributed by atoms with E-state index in [1.165, 1.54) is 0 Å².